The lowest BCUT2D eigenvalue weighted by atomic mass is 10.1. The van der Waals surface area contributed by atoms with Crippen molar-refractivity contribution in [2.24, 2.45) is 0 Å². The van der Waals surface area contributed by atoms with Gasteiger partial charge in [-0.3, -0.25) is 4.79 Å². The first kappa shape index (κ1) is 51.3. The first-order valence-corrected chi connectivity index (χ1v) is 21.4. The van der Waals surface area contributed by atoms with Crippen LogP contribution in [0.3, 0.4) is 0 Å². The maximum Gasteiger partial charge on any atom is 0.306 e. The lowest BCUT2D eigenvalue weighted by Gasteiger charge is -2.15. The van der Waals surface area contributed by atoms with Crippen LogP contribution in [0.4, 0.5) is 0 Å². The van der Waals surface area contributed by atoms with Crippen LogP contribution >= 0.6 is 0 Å². The molecule has 0 aromatic heterocycles. The molecule has 0 spiro atoms. The van der Waals surface area contributed by atoms with Crippen molar-refractivity contribution in [2.45, 2.75) is 148 Å². The fourth-order valence-corrected chi connectivity index (χ4v) is 5.04. The van der Waals surface area contributed by atoms with Gasteiger partial charge in [0.05, 0.1) is 13.2 Å². The Morgan fingerprint density at radius 2 is 0.764 bits per heavy atom. The van der Waals surface area contributed by atoms with Crippen LogP contribution < -0.4 is 0 Å². The average Bonchev–Trinajstić information content (AvgIpc) is 3.19. The molecule has 4 nitrogen and oxygen atoms in total. The molecule has 1 N–H and O–H groups in total. The Morgan fingerprint density at radius 3 is 1.11 bits per heavy atom. The molecule has 306 valence electrons. The molecular formula is C51H78O4. The minimum Gasteiger partial charge on any atom is -0.457 e. The molecule has 0 rings (SSSR count). The fourth-order valence-electron chi connectivity index (χ4n) is 5.04. The van der Waals surface area contributed by atoms with Gasteiger partial charge in [-0.15, -0.1) is 0 Å². The highest BCUT2D eigenvalue weighted by Gasteiger charge is 2.13. The number of esters is 1. The van der Waals surface area contributed by atoms with Gasteiger partial charge in [-0.05, 0) is 116 Å². The number of carbonyl (C=O) groups excluding carboxylic acids is 1. The van der Waals surface area contributed by atoms with E-state index in [0.29, 0.717) is 13.0 Å². The van der Waals surface area contributed by atoms with Crippen LogP contribution in [0.25, 0.3) is 0 Å². The molecule has 0 amide bonds. The van der Waals surface area contributed by atoms with Crippen LogP contribution in [0.5, 0.6) is 0 Å². The number of aliphatic hydroxyl groups excluding tert-OH is 1. The largest absolute Gasteiger partial charge is 0.457 e. The summed E-state index contributed by atoms with van der Waals surface area (Å²) in [6.45, 7) is 4.94. The van der Waals surface area contributed by atoms with Gasteiger partial charge < -0.3 is 14.6 Å². The molecule has 0 saturated carbocycles. The highest BCUT2D eigenvalue weighted by atomic mass is 16.6. The SMILES string of the molecule is CC/C=C\C/C=C\C/C=C\C/C=C\C/C=C\C/C=C\C/C=C\CCCCOCC(CO)OC(=O)CCCCC/C=C\C/C=C\C/C=C\C/C=C\C/C=C\CC. The van der Waals surface area contributed by atoms with Gasteiger partial charge in [0, 0.05) is 13.0 Å². The summed E-state index contributed by atoms with van der Waals surface area (Å²) < 4.78 is 11.1. The van der Waals surface area contributed by atoms with Gasteiger partial charge in [0.25, 0.3) is 0 Å². The highest BCUT2D eigenvalue weighted by molar-refractivity contribution is 5.69. The fraction of sp³-hybridized carbons (Fsp3) is 0.510. The normalized spacial score (nSPS) is 13.9. The minimum absolute atomic E-state index is 0.215. The maximum absolute atomic E-state index is 12.2. The Bertz CT molecular complexity index is 1200. The monoisotopic (exact) mass is 755 g/mol. The Labute approximate surface area is 338 Å². The predicted octanol–water partition coefficient (Wildman–Crippen LogP) is 14.4. The number of unbranched alkanes of at least 4 members (excludes halogenated alkanes) is 5. The van der Waals surface area contributed by atoms with Crippen molar-refractivity contribution in [3.05, 3.63) is 146 Å². The first-order chi connectivity index (χ1) is 27.2. The van der Waals surface area contributed by atoms with Crippen LogP contribution in [0.2, 0.25) is 0 Å². The van der Waals surface area contributed by atoms with Crippen molar-refractivity contribution in [2.75, 3.05) is 19.8 Å². The molecule has 1 atom stereocenters. The van der Waals surface area contributed by atoms with Gasteiger partial charge in [-0.2, -0.15) is 0 Å². The van der Waals surface area contributed by atoms with Crippen LogP contribution in [-0.4, -0.2) is 37.0 Å². The molecule has 4 heteroatoms. The van der Waals surface area contributed by atoms with Gasteiger partial charge in [-0.1, -0.05) is 166 Å². The molecular weight excluding hydrogens is 677 g/mol. The Balaban J connectivity index is 3.68. The first-order valence-electron chi connectivity index (χ1n) is 21.4. The number of hydrogen-bond acceptors (Lipinski definition) is 4. The summed E-state index contributed by atoms with van der Waals surface area (Å²) in [7, 11) is 0. The smallest absolute Gasteiger partial charge is 0.306 e. The van der Waals surface area contributed by atoms with Gasteiger partial charge >= 0.3 is 5.97 Å². The lowest BCUT2D eigenvalue weighted by Crippen LogP contribution is -2.27. The third-order valence-electron chi connectivity index (χ3n) is 8.16. The Morgan fingerprint density at radius 1 is 0.436 bits per heavy atom. The van der Waals surface area contributed by atoms with Crippen molar-refractivity contribution in [1.29, 1.82) is 0 Å². The molecule has 0 aliphatic rings. The number of allylic oxidation sites excluding steroid dienone is 24. The van der Waals surface area contributed by atoms with Crippen LogP contribution in [0.15, 0.2) is 146 Å². The van der Waals surface area contributed by atoms with E-state index in [1.165, 1.54) is 0 Å². The summed E-state index contributed by atoms with van der Waals surface area (Å²) in [6, 6.07) is 0. The van der Waals surface area contributed by atoms with Crippen molar-refractivity contribution < 1.29 is 19.4 Å². The molecule has 0 fully saturated rings. The summed E-state index contributed by atoms with van der Waals surface area (Å²) in [5.41, 5.74) is 0. The molecule has 0 aromatic carbocycles. The molecule has 1 unspecified atom stereocenters. The second-order valence-corrected chi connectivity index (χ2v) is 13.3. The topological polar surface area (TPSA) is 55.8 Å². The third kappa shape index (κ3) is 44.6. The van der Waals surface area contributed by atoms with Crippen molar-refractivity contribution >= 4 is 5.97 Å². The van der Waals surface area contributed by atoms with Crippen molar-refractivity contribution in [3.8, 4) is 0 Å². The number of aliphatic hydroxyl groups is 1. The molecule has 0 saturated heterocycles. The Kier molecular flexibility index (Phi) is 43.3. The van der Waals surface area contributed by atoms with E-state index in [1.54, 1.807) is 0 Å². The second-order valence-electron chi connectivity index (χ2n) is 13.3. The summed E-state index contributed by atoms with van der Waals surface area (Å²) >= 11 is 0. The van der Waals surface area contributed by atoms with E-state index in [1.807, 2.05) is 0 Å². The van der Waals surface area contributed by atoms with Crippen LogP contribution in [-0.2, 0) is 14.3 Å². The number of rotatable bonds is 37. The van der Waals surface area contributed by atoms with E-state index in [9.17, 15) is 9.90 Å². The van der Waals surface area contributed by atoms with Crippen molar-refractivity contribution in [1.82, 2.24) is 0 Å². The average molecular weight is 755 g/mol. The maximum atomic E-state index is 12.2. The Hall–Kier alpha value is -3.73. The zero-order chi connectivity index (χ0) is 39.8. The van der Waals surface area contributed by atoms with Gasteiger partial charge in [0.15, 0.2) is 0 Å². The molecule has 0 radical (unpaired) electrons. The third-order valence-corrected chi connectivity index (χ3v) is 8.16. The predicted molar refractivity (Wildman–Crippen MR) is 241 cm³/mol. The highest BCUT2D eigenvalue weighted by Crippen LogP contribution is 2.08. The zero-order valence-corrected chi connectivity index (χ0v) is 34.9. The molecule has 0 aliphatic carbocycles. The minimum atomic E-state index is -0.588. The number of hydrogen-bond donors (Lipinski definition) is 1. The summed E-state index contributed by atoms with van der Waals surface area (Å²) in [6.07, 6.45) is 71.9. The van der Waals surface area contributed by atoms with Gasteiger partial charge in [-0.25, -0.2) is 0 Å². The summed E-state index contributed by atoms with van der Waals surface area (Å²) in [5, 5.41) is 9.60. The summed E-state index contributed by atoms with van der Waals surface area (Å²) in [5.74, 6) is -0.255. The standard InChI is InChI=1S/C51H78O4/c1-3-5-7-9-11-13-15-17-19-21-23-24-25-26-27-29-31-33-35-37-39-41-43-45-47-54-49-50(48-52)55-51(53)46-44-42-40-38-36-34-32-30-28-22-20-18-16-14-12-10-8-6-4-2/h5-8,11-14,17-20,23-24,26-28,30-31,33-34,36-37,39,50,52H,3-4,9-10,15-16,21-22,25,29,32,35,38,40-49H2,1-2H3/b7-5-,8-6-,13-11-,14-12-,19-17-,20-18-,24-23-,27-26-,30-28-,33-31-,36-34-,39-37-. The number of carbonyl (C=O) groups is 1. The van der Waals surface area contributed by atoms with E-state index < -0.39 is 6.10 Å². The van der Waals surface area contributed by atoms with Crippen LogP contribution in [0.1, 0.15) is 142 Å². The number of ether oxygens (including phenoxy) is 2. The van der Waals surface area contributed by atoms with E-state index in [2.05, 4.69) is 160 Å². The zero-order valence-electron chi connectivity index (χ0n) is 34.9. The van der Waals surface area contributed by atoms with Crippen LogP contribution in [0, 0.1) is 0 Å². The molecule has 0 aliphatic heterocycles. The van der Waals surface area contributed by atoms with E-state index in [-0.39, 0.29) is 19.2 Å². The van der Waals surface area contributed by atoms with Gasteiger partial charge in [0.2, 0.25) is 0 Å². The molecule has 55 heavy (non-hydrogen) atoms. The van der Waals surface area contributed by atoms with E-state index in [0.717, 1.165) is 122 Å². The quantitative estimate of drug-likeness (QED) is 0.0390. The lowest BCUT2D eigenvalue weighted by molar-refractivity contribution is -0.154. The van der Waals surface area contributed by atoms with E-state index >= 15 is 0 Å². The van der Waals surface area contributed by atoms with E-state index in [4.69, 9.17) is 9.47 Å². The molecule has 0 bridgehead atoms. The summed E-state index contributed by atoms with van der Waals surface area (Å²) in [4.78, 5) is 12.2. The molecule has 0 aromatic rings. The van der Waals surface area contributed by atoms with Gasteiger partial charge in [0.1, 0.15) is 6.10 Å². The second kappa shape index (κ2) is 46.4. The molecule has 0 heterocycles. The van der Waals surface area contributed by atoms with Crippen molar-refractivity contribution in [3.63, 3.8) is 0 Å².